The van der Waals surface area contributed by atoms with Crippen LogP contribution in [0.15, 0.2) is 46.7 Å². The van der Waals surface area contributed by atoms with Crippen LogP contribution in [0.3, 0.4) is 0 Å². The van der Waals surface area contributed by atoms with Crippen LogP contribution in [0.1, 0.15) is 55.4 Å². The van der Waals surface area contributed by atoms with Crippen molar-refractivity contribution in [3.8, 4) is 0 Å². The molecule has 0 radical (unpaired) electrons. The minimum Gasteiger partial charge on any atom is -0.329 e. The average molecular weight is 367 g/mol. The average Bonchev–Trinajstić information content (AvgIpc) is 2.53. The van der Waals surface area contributed by atoms with Gasteiger partial charge >= 0.3 is 0 Å². The molecular formula is C20H37NSiTi. The Morgan fingerprint density at radius 1 is 1.09 bits per heavy atom. The molecule has 1 aliphatic carbocycles. The molecule has 1 nitrogen and oxygen atoms in total. The molecule has 130 valence electrons. The van der Waals surface area contributed by atoms with Crippen molar-refractivity contribution in [2.24, 2.45) is 5.92 Å². The molecule has 0 bridgehead atoms. The second kappa shape index (κ2) is 9.98. The van der Waals surface area contributed by atoms with E-state index in [1.54, 1.807) is 22.4 Å². The van der Waals surface area contributed by atoms with Gasteiger partial charge in [0, 0.05) is 27.3 Å². The van der Waals surface area contributed by atoms with E-state index in [9.17, 15) is 0 Å². The van der Waals surface area contributed by atoms with Crippen molar-refractivity contribution in [3.05, 3.63) is 46.7 Å². The zero-order valence-corrected chi connectivity index (χ0v) is 19.6. The molecule has 0 amide bonds. The van der Waals surface area contributed by atoms with Gasteiger partial charge in [0.25, 0.3) is 0 Å². The third kappa shape index (κ3) is 7.51. The summed E-state index contributed by atoms with van der Waals surface area (Å²) in [5.74, 6) is 0.631. The largest absolute Gasteiger partial charge is 0.329 e. The van der Waals surface area contributed by atoms with Crippen molar-refractivity contribution >= 4 is 8.24 Å². The van der Waals surface area contributed by atoms with E-state index in [2.05, 4.69) is 73.1 Å². The quantitative estimate of drug-likeness (QED) is 0.465. The first kappa shape index (κ1) is 25.1. The Morgan fingerprint density at radius 3 is 1.78 bits per heavy atom. The summed E-state index contributed by atoms with van der Waals surface area (Å²) in [5.41, 5.74) is 4.83. The van der Waals surface area contributed by atoms with Gasteiger partial charge in [0.05, 0.1) is 0 Å². The van der Waals surface area contributed by atoms with E-state index in [4.69, 9.17) is 0 Å². The molecule has 0 fully saturated rings. The molecule has 1 aliphatic rings. The monoisotopic (exact) mass is 367 g/mol. The number of allylic oxidation sites excluding steroid dienone is 7. The molecule has 0 heterocycles. The molecule has 0 spiro atoms. The Morgan fingerprint density at radius 2 is 1.57 bits per heavy atom. The summed E-state index contributed by atoms with van der Waals surface area (Å²) in [6, 6.07) is 0. The van der Waals surface area contributed by atoms with Crippen LogP contribution in [0.5, 0.6) is 0 Å². The molecule has 0 saturated carbocycles. The van der Waals surface area contributed by atoms with Crippen LogP contribution in [-0.2, 0) is 21.7 Å². The van der Waals surface area contributed by atoms with Crippen LogP contribution in [-0.4, -0.2) is 13.8 Å². The van der Waals surface area contributed by atoms with Crippen LogP contribution >= 0.6 is 0 Å². The third-order valence-electron chi connectivity index (χ3n) is 4.33. The van der Waals surface area contributed by atoms with Gasteiger partial charge in [-0.25, -0.2) is 0 Å². The maximum absolute atomic E-state index is 3.89. The predicted octanol–water partition coefficient (Wildman–Crippen LogP) is 6.17. The molecule has 0 aromatic rings. The summed E-state index contributed by atoms with van der Waals surface area (Å²) >= 11 is 0. The van der Waals surface area contributed by atoms with E-state index in [0.29, 0.717) is 5.92 Å². The van der Waals surface area contributed by atoms with Gasteiger partial charge in [-0.2, -0.15) is 0 Å². The Hall–Kier alpha value is -0.149. The van der Waals surface area contributed by atoms with Crippen molar-refractivity contribution in [1.82, 2.24) is 4.98 Å². The fourth-order valence-electron chi connectivity index (χ4n) is 3.51. The van der Waals surface area contributed by atoms with Crippen molar-refractivity contribution in [3.63, 3.8) is 0 Å². The normalized spacial score (nSPS) is 18.8. The van der Waals surface area contributed by atoms with Gasteiger partial charge in [-0.1, -0.05) is 61.2 Å². The molecule has 0 aliphatic heterocycles. The predicted molar refractivity (Wildman–Crippen MR) is 106 cm³/mol. The van der Waals surface area contributed by atoms with Gasteiger partial charge in [-0.15, -0.1) is 0 Å². The van der Waals surface area contributed by atoms with Crippen molar-refractivity contribution < 1.29 is 21.7 Å². The topological polar surface area (TPSA) is 12.0 Å². The Kier molecular flexibility index (Phi) is 10.9. The van der Waals surface area contributed by atoms with Gasteiger partial charge < -0.3 is 4.98 Å². The minimum atomic E-state index is -1.53. The number of rotatable bonds is 3. The van der Waals surface area contributed by atoms with Crippen LogP contribution in [0.25, 0.3) is 0 Å². The second-order valence-corrected chi connectivity index (χ2v) is 11.9. The molecule has 0 aromatic carbocycles. The molecule has 1 rings (SSSR count). The van der Waals surface area contributed by atoms with E-state index in [0.717, 1.165) is 0 Å². The summed E-state index contributed by atoms with van der Waals surface area (Å²) in [4.78, 5) is 3.89. The van der Waals surface area contributed by atoms with Crippen LogP contribution in [0.4, 0.5) is 0 Å². The maximum atomic E-state index is 3.89. The van der Waals surface area contributed by atoms with E-state index < -0.39 is 8.24 Å². The number of hydrogen-bond donors (Lipinski definition) is 1. The molecule has 0 saturated heterocycles. The summed E-state index contributed by atoms with van der Waals surface area (Å²) in [5, 5.41) is 1.70. The van der Waals surface area contributed by atoms with E-state index in [-0.39, 0.29) is 27.3 Å². The van der Waals surface area contributed by atoms with Crippen LogP contribution in [0.2, 0.25) is 13.1 Å². The van der Waals surface area contributed by atoms with E-state index >= 15 is 0 Å². The zero-order chi connectivity index (χ0) is 17.7. The third-order valence-corrected chi connectivity index (χ3v) is 7.86. The summed E-state index contributed by atoms with van der Waals surface area (Å²) in [6.45, 7) is 26.3. The molecule has 1 unspecified atom stereocenters. The van der Waals surface area contributed by atoms with Gasteiger partial charge in [-0.3, -0.25) is 0 Å². The minimum absolute atomic E-state index is 0. The molecule has 3 heteroatoms. The Labute approximate surface area is 161 Å². The van der Waals surface area contributed by atoms with Gasteiger partial charge in [0.1, 0.15) is 8.24 Å². The molecule has 23 heavy (non-hydrogen) atoms. The number of nitrogens with one attached hydrogen (secondary N) is 1. The van der Waals surface area contributed by atoms with Crippen LogP contribution in [0, 0.1) is 5.92 Å². The summed E-state index contributed by atoms with van der Waals surface area (Å²) in [7, 11) is -1.53. The van der Waals surface area contributed by atoms with Crippen LogP contribution < -0.4 is 4.98 Å². The van der Waals surface area contributed by atoms with E-state index in [1.165, 1.54) is 5.57 Å². The maximum Gasteiger partial charge on any atom is 0.148 e. The fourth-order valence-corrected chi connectivity index (χ4v) is 7.95. The first-order valence-corrected chi connectivity index (χ1v) is 11.3. The number of hydrogen-bond acceptors (Lipinski definition) is 1. The van der Waals surface area contributed by atoms with Crippen molar-refractivity contribution in [2.45, 2.75) is 74.0 Å². The molecule has 1 atom stereocenters. The standard InChI is InChI=1S/C15H29NSi.C5H8.Ti/c1-10-11(2)13(4)14(12(10)3)17(8,9)16-15(5,6)7;1-3-5-4-2;/h12,16H,1-9H3;3-5H,1H2,2H3;. The summed E-state index contributed by atoms with van der Waals surface area (Å²) in [6.07, 6.45) is 5.58. The SMILES string of the molecule is C=CC=CC.CC1=C(C)C(C)C([Si](C)(C)NC(C)(C)C)=C1C.[Ti]. The van der Waals surface area contributed by atoms with Gasteiger partial charge in [0.15, 0.2) is 0 Å². The first-order chi connectivity index (χ1) is 9.89. The van der Waals surface area contributed by atoms with E-state index in [1.807, 2.05) is 19.1 Å². The fraction of sp³-hybridized carbons (Fsp3) is 0.600. The second-order valence-electron chi connectivity index (χ2n) is 7.83. The molecule has 0 aromatic heterocycles. The summed E-state index contributed by atoms with van der Waals surface area (Å²) < 4.78 is 0. The van der Waals surface area contributed by atoms with Crippen molar-refractivity contribution in [1.29, 1.82) is 0 Å². The Bertz CT molecular complexity index is 490. The first-order valence-electron chi connectivity index (χ1n) is 8.31. The Balaban J connectivity index is 0. The molecule has 1 N–H and O–H groups in total. The smallest absolute Gasteiger partial charge is 0.148 e. The molecular weight excluding hydrogens is 330 g/mol. The van der Waals surface area contributed by atoms with Gasteiger partial charge in [0.2, 0.25) is 0 Å². The zero-order valence-electron chi connectivity index (χ0n) is 17.0. The van der Waals surface area contributed by atoms with Gasteiger partial charge in [-0.05, 0) is 60.0 Å². The van der Waals surface area contributed by atoms with Crippen molar-refractivity contribution in [2.75, 3.05) is 0 Å².